The fourth-order valence-corrected chi connectivity index (χ4v) is 2.24. The number of hydrogen-bond acceptors (Lipinski definition) is 4. The largest absolute Gasteiger partial charge is 0.444 e. The van der Waals surface area contributed by atoms with Gasteiger partial charge in [0.05, 0.1) is 18.8 Å². The highest BCUT2D eigenvalue weighted by atomic mass is 16.5. The molecule has 1 saturated heterocycles. The molecule has 1 aromatic rings. The molecule has 1 unspecified atom stereocenters. The number of nitrogens with one attached hydrogen (secondary N) is 1. The van der Waals surface area contributed by atoms with Gasteiger partial charge in [0.25, 0.3) is 0 Å². The van der Waals surface area contributed by atoms with E-state index in [9.17, 15) is 0 Å². The molecule has 0 bridgehead atoms. The van der Waals surface area contributed by atoms with Crippen LogP contribution in [0.4, 0.5) is 0 Å². The summed E-state index contributed by atoms with van der Waals surface area (Å²) in [6, 6.07) is 0.706. The van der Waals surface area contributed by atoms with Gasteiger partial charge in [-0.25, -0.2) is 4.98 Å². The molecule has 4 nitrogen and oxygen atoms in total. The van der Waals surface area contributed by atoms with Gasteiger partial charge in [-0.05, 0) is 32.1 Å². The first-order valence-electron chi connectivity index (χ1n) is 6.69. The predicted octanol–water partition coefficient (Wildman–Crippen LogP) is 2.04. The number of nitrogens with zero attached hydrogens (tertiary/aromatic N) is 1. The Morgan fingerprint density at radius 2 is 2.29 bits per heavy atom. The summed E-state index contributed by atoms with van der Waals surface area (Å²) in [5, 5.41) is 3.40. The van der Waals surface area contributed by atoms with Crippen LogP contribution in [0.25, 0.3) is 0 Å². The SMILES string of the molecule is c1nc(CNC2CC2)oc1CCC1CCCO1. The van der Waals surface area contributed by atoms with E-state index in [4.69, 9.17) is 9.15 Å². The number of oxazole rings is 1. The standard InChI is InChI=1S/C13H20N2O2/c1-2-11(16-7-1)5-6-12-8-15-13(17-12)9-14-10-3-4-10/h8,10-11,14H,1-7,9H2. The third kappa shape index (κ3) is 3.30. The van der Waals surface area contributed by atoms with E-state index in [1.165, 1.54) is 25.7 Å². The maximum atomic E-state index is 5.69. The normalized spacial score (nSPS) is 24.4. The van der Waals surface area contributed by atoms with Crippen LogP contribution in [-0.2, 0) is 17.7 Å². The van der Waals surface area contributed by atoms with Crippen LogP contribution in [0.5, 0.6) is 0 Å². The zero-order chi connectivity index (χ0) is 11.5. The Morgan fingerprint density at radius 3 is 3.06 bits per heavy atom. The van der Waals surface area contributed by atoms with Gasteiger partial charge in [-0.2, -0.15) is 0 Å². The lowest BCUT2D eigenvalue weighted by atomic mass is 10.1. The quantitative estimate of drug-likeness (QED) is 0.821. The Labute approximate surface area is 102 Å². The Morgan fingerprint density at radius 1 is 1.35 bits per heavy atom. The molecular weight excluding hydrogens is 216 g/mol. The van der Waals surface area contributed by atoms with Crippen molar-refractivity contribution < 1.29 is 9.15 Å². The lowest BCUT2D eigenvalue weighted by Gasteiger charge is -2.06. The summed E-state index contributed by atoms with van der Waals surface area (Å²) in [6.07, 6.45) is 9.30. The van der Waals surface area contributed by atoms with Gasteiger partial charge in [0.2, 0.25) is 5.89 Å². The Balaban J connectivity index is 1.42. The molecule has 4 heteroatoms. The average molecular weight is 236 g/mol. The van der Waals surface area contributed by atoms with E-state index >= 15 is 0 Å². The van der Waals surface area contributed by atoms with Crippen LogP contribution < -0.4 is 5.32 Å². The van der Waals surface area contributed by atoms with E-state index in [-0.39, 0.29) is 0 Å². The molecule has 0 amide bonds. The van der Waals surface area contributed by atoms with Crippen molar-refractivity contribution in [2.45, 2.75) is 57.2 Å². The average Bonchev–Trinajstić information content (AvgIpc) is 2.86. The van der Waals surface area contributed by atoms with Crippen molar-refractivity contribution in [1.82, 2.24) is 10.3 Å². The highest BCUT2D eigenvalue weighted by molar-refractivity contribution is 4.96. The number of hydrogen-bond donors (Lipinski definition) is 1. The molecule has 0 radical (unpaired) electrons. The van der Waals surface area contributed by atoms with E-state index in [1.807, 2.05) is 6.20 Å². The third-order valence-electron chi connectivity index (χ3n) is 3.46. The van der Waals surface area contributed by atoms with Gasteiger partial charge in [-0.3, -0.25) is 0 Å². The summed E-state index contributed by atoms with van der Waals surface area (Å²) < 4.78 is 11.3. The summed E-state index contributed by atoms with van der Waals surface area (Å²) in [6.45, 7) is 1.70. The van der Waals surface area contributed by atoms with E-state index < -0.39 is 0 Å². The summed E-state index contributed by atoms with van der Waals surface area (Å²) in [5.41, 5.74) is 0. The molecule has 2 fully saturated rings. The van der Waals surface area contributed by atoms with Crippen molar-refractivity contribution in [3.8, 4) is 0 Å². The first kappa shape index (κ1) is 11.2. The van der Waals surface area contributed by atoms with Gasteiger partial charge in [0, 0.05) is 19.1 Å². The third-order valence-corrected chi connectivity index (χ3v) is 3.46. The zero-order valence-electron chi connectivity index (χ0n) is 10.2. The molecule has 0 aromatic carbocycles. The lowest BCUT2D eigenvalue weighted by molar-refractivity contribution is 0.103. The maximum absolute atomic E-state index is 5.69. The van der Waals surface area contributed by atoms with Crippen LogP contribution in [0.1, 0.15) is 43.8 Å². The fraction of sp³-hybridized carbons (Fsp3) is 0.769. The molecule has 1 N–H and O–H groups in total. The minimum Gasteiger partial charge on any atom is -0.444 e. The number of ether oxygens (including phenoxy) is 1. The summed E-state index contributed by atoms with van der Waals surface area (Å²) in [5.74, 6) is 1.81. The van der Waals surface area contributed by atoms with E-state index in [1.54, 1.807) is 0 Å². The highest BCUT2D eigenvalue weighted by Crippen LogP contribution is 2.20. The molecule has 94 valence electrons. The molecule has 1 aromatic heterocycles. The molecule has 2 heterocycles. The van der Waals surface area contributed by atoms with Crippen molar-refractivity contribution in [2.24, 2.45) is 0 Å². The van der Waals surface area contributed by atoms with Gasteiger partial charge in [0.1, 0.15) is 5.76 Å². The predicted molar refractivity (Wildman–Crippen MR) is 63.7 cm³/mol. The molecule has 0 spiro atoms. The fourth-order valence-electron chi connectivity index (χ4n) is 2.24. The number of rotatable bonds is 6. The number of aryl methyl sites for hydroxylation is 1. The molecule has 2 aliphatic rings. The van der Waals surface area contributed by atoms with Crippen molar-refractivity contribution in [3.05, 3.63) is 17.8 Å². The summed E-state index contributed by atoms with van der Waals surface area (Å²) in [4.78, 5) is 4.29. The second-order valence-corrected chi connectivity index (χ2v) is 5.05. The first-order valence-corrected chi connectivity index (χ1v) is 6.69. The van der Waals surface area contributed by atoms with Crippen LogP contribution in [0.3, 0.4) is 0 Å². The van der Waals surface area contributed by atoms with Gasteiger partial charge >= 0.3 is 0 Å². The second kappa shape index (κ2) is 5.19. The Bertz CT molecular complexity index is 354. The maximum Gasteiger partial charge on any atom is 0.208 e. The van der Waals surface area contributed by atoms with E-state index in [0.717, 1.165) is 37.6 Å². The lowest BCUT2D eigenvalue weighted by Crippen LogP contribution is -2.15. The van der Waals surface area contributed by atoms with Crippen molar-refractivity contribution in [2.75, 3.05) is 6.61 Å². The summed E-state index contributed by atoms with van der Waals surface area (Å²) >= 11 is 0. The van der Waals surface area contributed by atoms with Gasteiger partial charge in [0.15, 0.2) is 0 Å². The summed E-state index contributed by atoms with van der Waals surface area (Å²) in [7, 11) is 0. The Kier molecular flexibility index (Phi) is 3.43. The zero-order valence-corrected chi connectivity index (χ0v) is 10.2. The molecule has 1 saturated carbocycles. The van der Waals surface area contributed by atoms with Crippen molar-refractivity contribution in [1.29, 1.82) is 0 Å². The number of aromatic nitrogens is 1. The molecule has 1 aliphatic carbocycles. The van der Waals surface area contributed by atoms with Crippen molar-refractivity contribution in [3.63, 3.8) is 0 Å². The molecule has 1 aliphatic heterocycles. The Hall–Kier alpha value is -0.870. The smallest absolute Gasteiger partial charge is 0.208 e. The first-order chi connectivity index (χ1) is 8.40. The van der Waals surface area contributed by atoms with Crippen LogP contribution in [-0.4, -0.2) is 23.7 Å². The topological polar surface area (TPSA) is 47.3 Å². The van der Waals surface area contributed by atoms with E-state index in [0.29, 0.717) is 12.1 Å². The second-order valence-electron chi connectivity index (χ2n) is 5.05. The van der Waals surface area contributed by atoms with Gasteiger partial charge < -0.3 is 14.5 Å². The van der Waals surface area contributed by atoms with Crippen LogP contribution in [0, 0.1) is 0 Å². The van der Waals surface area contributed by atoms with Gasteiger partial charge in [-0.1, -0.05) is 0 Å². The molecule has 3 rings (SSSR count). The highest BCUT2D eigenvalue weighted by Gasteiger charge is 2.21. The van der Waals surface area contributed by atoms with Crippen LogP contribution in [0.2, 0.25) is 0 Å². The molecular formula is C13H20N2O2. The van der Waals surface area contributed by atoms with Crippen LogP contribution in [0.15, 0.2) is 10.6 Å². The van der Waals surface area contributed by atoms with Crippen LogP contribution >= 0.6 is 0 Å². The minimum absolute atomic E-state index is 0.438. The van der Waals surface area contributed by atoms with Gasteiger partial charge in [-0.15, -0.1) is 0 Å². The van der Waals surface area contributed by atoms with E-state index in [2.05, 4.69) is 10.3 Å². The molecule has 1 atom stereocenters. The van der Waals surface area contributed by atoms with Crippen molar-refractivity contribution >= 4 is 0 Å². The monoisotopic (exact) mass is 236 g/mol. The minimum atomic E-state index is 0.438. The molecule has 17 heavy (non-hydrogen) atoms.